The molecule has 14 heavy (non-hydrogen) atoms. The molecule has 0 aromatic heterocycles. The van der Waals surface area contributed by atoms with Crippen LogP contribution < -0.4 is 34.0 Å². The van der Waals surface area contributed by atoms with Crippen molar-refractivity contribution in [2.75, 3.05) is 10.3 Å². The van der Waals surface area contributed by atoms with Gasteiger partial charge in [-0.05, 0) is 16.7 Å². The topological polar surface area (TPSA) is 0 Å². The van der Waals surface area contributed by atoms with Crippen LogP contribution in [0.4, 0.5) is 0 Å². The smallest absolute Gasteiger partial charge is 1.00 e. The molecule has 0 aromatic carbocycles. The van der Waals surface area contributed by atoms with E-state index in [-0.39, 0.29) is 80.1 Å². The van der Waals surface area contributed by atoms with Gasteiger partial charge in [0.1, 0.15) is 0 Å². The average molecular weight is 529 g/mol. The van der Waals surface area contributed by atoms with Crippen molar-refractivity contribution in [3.05, 3.63) is 13.8 Å². The molecule has 0 nitrogen and oxygen atoms in total. The first kappa shape index (κ1) is 43.1. The summed E-state index contributed by atoms with van der Waals surface area (Å²) in [5, 5.41) is 0. The predicted molar refractivity (Wildman–Crippen MR) is 75.5 cm³/mol. The molecular formula is C8H18Br3IMg2. The molecule has 0 spiro atoms. The van der Waals surface area contributed by atoms with Gasteiger partial charge in [0, 0.05) is 0 Å². The molecule has 0 radical (unpaired) electrons. The molecule has 0 heterocycles. The van der Waals surface area contributed by atoms with Crippen LogP contribution in [0.1, 0.15) is 26.2 Å². The molecule has 0 saturated carbocycles. The number of halogens is 4. The van der Waals surface area contributed by atoms with Gasteiger partial charge in [-0.2, -0.15) is 0 Å². The summed E-state index contributed by atoms with van der Waals surface area (Å²) in [6, 6.07) is 0. The van der Waals surface area contributed by atoms with Crippen molar-refractivity contribution in [3.8, 4) is 0 Å². The Hall–Kier alpha value is 3.70. The van der Waals surface area contributed by atoms with Gasteiger partial charge in [-0.25, -0.2) is 0 Å². The molecule has 0 aliphatic heterocycles. The minimum absolute atomic E-state index is 0. The van der Waals surface area contributed by atoms with Crippen LogP contribution in [-0.4, -0.2) is 56.4 Å². The van der Waals surface area contributed by atoms with Crippen LogP contribution in [0.5, 0.6) is 0 Å². The monoisotopic (exact) mass is 526 g/mol. The van der Waals surface area contributed by atoms with Gasteiger partial charge in [-0.1, -0.05) is 51.9 Å². The van der Waals surface area contributed by atoms with Crippen molar-refractivity contribution < 1.29 is 34.0 Å². The standard InChI is InChI=1S/C4H9I.C3H6.CH3Br.2BrH.2Mg/c1-2-3-4-5;1-3-2;1-2;;;;/h2-4H2,1H3;1-3H2;1H3;2*1H;;/q;-2;;;;2*+2/p-2. The molecule has 0 aromatic rings. The van der Waals surface area contributed by atoms with Gasteiger partial charge in [-0.15, -0.1) is 0 Å². The number of unbranched alkanes of at least 4 members (excludes halogenated alkanes) is 1. The Morgan fingerprint density at radius 1 is 1.07 bits per heavy atom. The Morgan fingerprint density at radius 3 is 1.29 bits per heavy atom. The predicted octanol–water partition coefficient (Wildman–Crippen LogP) is -2.48. The summed E-state index contributed by atoms with van der Waals surface area (Å²) >= 11 is 5.32. The van der Waals surface area contributed by atoms with E-state index in [0.29, 0.717) is 0 Å². The maximum Gasteiger partial charge on any atom is 2.00 e. The van der Waals surface area contributed by atoms with E-state index in [0.717, 1.165) is 6.42 Å². The first-order valence-corrected chi connectivity index (χ1v) is 6.46. The first-order chi connectivity index (χ1) is 4.83. The van der Waals surface area contributed by atoms with E-state index in [1.165, 1.54) is 17.3 Å². The fourth-order valence-corrected chi connectivity index (χ4v) is 0.896. The molecule has 6 heteroatoms. The van der Waals surface area contributed by atoms with E-state index >= 15 is 0 Å². The van der Waals surface area contributed by atoms with Gasteiger partial charge in [-0.3, -0.25) is 0 Å². The molecule has 0 amide bonds. The van der Waals surface area contributed by atoms with Crippen molar-refractivity contribution in [3.63, 3.8) is 0 Å². The first-order valence-electron chi connectivity index (χ1n) is 3.35. The Kier molecular flexibility index (Phi) is 214. The summed E-state index contributed by atoms with van der Waals surface area (Å²) < 4.78 is 1.31. The molecule has 0 unspecified atom stereocenters. The Labute approximate surface area is 166 Å². The van der Waals surface area contributed by atoms with Gasteiger partial charge in [0.2, 0.25) is 0 Å². The second kappa shape index (κ2) is 69.4. The van der Waals surface area contributed by atoms with Gasteiger partial charge in [0.05, 0.1) is 0 Å². The number of alkyl halides is 2. The summed E-state index contributed by atoms with van der Waals surface area (Å²) in [5.41, 5.74) is 0. The second-order valence-corrected chi connectivity index (χ2v) is 2.47. The van der Waals surface area contributed by atoms with Crippen LogP contribution in [0, 0.1) is 13.8 Å². The van der Waals surface area contributed by atoms with Gasteiger partial charge < -0.3 is 54.2 Å². The molecule has 0 saturated heterocycles. The summed E-state index contributed by atoms with van der Waals surface area (Å²) in [4.78, 5) is 0. The summed E-state index contributed by atoms with van der Waals surface area (Å²) in [6.07, 6.45) is 3.46. The number of rotatable bonds is 2. The van der Waals surface area contributed by atoms with Crippen molar-refractivity contribution in [2.45, 2.75) is 26.2 Å². The van der Waals surface area contributed by atoms with Crippen LogP contribution >= 0.6 is 38.5 Å². The summed E-state index contributed by atoms with van der Waals surface area (Å²) in [7, 11) is 0. The van der Waals surface area contributed by atoms with E-state index in [2.05, 4.69) is 59.3 Å². The molecule has 0 fully saturated rings. The van der Waals surface area contributed by atoms with E-state index < -0.39 is 0 Å². The molecule has 0 rings (SSSR count). The zero-order valence-electron chi connectivity index (χ0n) is 9.17. The van der Waals surface area contributed by atoms with E-state index in [1.807, 2.05) is 5.83 Å². The van der Waals surface area contributed by atoms with Crippen LogP contribution in [-0.2, 0) is 0 Å². The third-order valence-corrected chi connectivity index (χ3v) is 1.25. The zero-order chi connectivity index (χ0) is 8.83. The largest absolute Gasteiger partial charge is 2.00 e. The number of hydrogen-bond donors (Lipinski definition) is 0. The molecular weight excluding hydrogens is 511 g/mol. The number of hydrogen-bond acceptors (Lipinski definition) is 0. The molecule has 0 N–H and O–H groups in total. The fraction of sp³-hybridized carbons (Fsp3) is 0.750. The van der Waals surface area contributed by atoms with Crippen molar-refractivity contribution >= 4 is 84.6 Å². The third-order valence-electron chi connectivity index (χ3n) is 0.487. The quantitative estimate of drug-likeness (QED) is 0.161. The van der Waals surface area contributed by atoms with Crippen LogP contribution in [0.15, 0.2) is 0 Å². The van der Waals surface area contributed by atoms with Gasteiger partial charge in [0.15, 0.2) is 0 Å². The maximum atomic E-state index is 3.38. The van der Waals surface area contributed by atoms with Crippen LogP contribution in [0.3, 0.4) is 0 Å². The van der Waals surface area contributed by atoms with Crippen molar-refractivity contribution in [1.82, 2.24) is 0 Å². The summed E-state index contributed by atoms with van der Waals surface area (Å²) in [5.74, 6) is 1.81. The maximum absolute atomic E-state index is 3.38. The van der Waals surface area contributed by atoms with E-state index in [9.17, 15) is 0 Å². The van der Waals surface area contributed by atoms with Crippen LogP contribution in [0.2, 0.25) is 0 Å². The molecule has 0 aliphatic carbocycles. The van der Waals surface area contributed by atoms with Gasteiger partial charge >= 0.3 is 46.1 Å². The molecule has 0 atom stereocenters. The second-order valence-electron chi connectivity index (χ2n) is 1.40. The normalized spacial score (nSPS) is 4.71. The third kappa shape index (κ3) is 104. The zero-order valence-corrected chi connectivity index (χ0v) is 18.9. The molecule has 0 aliphatic rings. The van der Waals surface area contributed by atoms with Crippen molar-refractivity contribution in [1.29, 1.82) is 0 Å². The van der Waals surface area contributed by atoms with Crippen LogP contribution in [0.25, 0.3) is 0 Å². The van der Waals surface area contributed by atoms with E-state index in [1.54, 1.807) is 0 Å². The SMILES string of the molecule is CBr.CCCCI.[Br-].[Br-].[CH2-]C[CH2-].[Mg+2].[Mg+2]. The van der Waals surface area contributed by atoms with Gasteiger partial charge in [0.25, 0.3) is 0 Å². The summed E-state index contributed by atoms with van der Waals surface area (Å²) in [6.45, 7) is 8.96. The van der Waals surface area contributed by atoms with Crippen molar-refractivity contribution in [2.24, 2.45) is 0 Å². The fourth-order valence-electron chi connectivity index (χ4n) is 0.134. The Balaban J connectivity index is -0.00000000993. The average Bonchev–Trinajstić information content (AvgIpc) is 1.96. The molecule has 0 bridgehead atoms. The minimum Gasteiger partial charge on any atom is -1.00 e. The minimum atomic E-state index is 0. The Bertz CT molecular complexity index is 36.5. The Morgan fingerprint density at radius 2 is 1.29 bits per heavy atom. The molecule has 82 valence electrons. The van der Waals surface area contributed by atoms with E-state index in [4.69, 9.17) is 0 Å².